The minimum Gasteiger partial charge on any atom is -0.395 e. The molecule has 0 bridgehead atoms. The van der Waals surface area contributed by atoms with Crippen molar-refractivity contribution >= 4 is 16.8 Å². The fraction of sp³-hybridized carbons (Fsp3) is 0.462. The average molecular weight is 253 g/mol. The standard InChI is InChI=1S/C13H17ClN2O/c1-8-2-3-12-9(4-8)5-10(13(14)16-12)6-11(15)7-17/h2-5,9,11-12,17H,6-7,15H2,1H3. The Kier molecular flexibility index (Phi) is 3.82. The molecule has 0 saturated carbocycles. The maximum Gasteiger partial charge on any atom is 0.127 e. The van der Waals surface area contributed by atoms with Gasteiger partial charge in [-0.15, -0.1) is 0 Å². The van der Waals surface area contributed by atoms with Crippen molar-refractivity contribution in [1.82, 2.24) is 0 Å². The number of aliphatic imine (C=N–C) groups is 1. The molecule has 17 heavy (non-hydrogen) atoms. The largest absolute Gasteiger partial charge is 0.395 e. The first-order valence-electron chi connectivity index (χ1n) is 5.77. The van der Waals surface area contributed by atoms with Crippen LogP contribution in [-0.4, -0.2) is 29.0 Å². The summed E-state index contributed by atoms with van der Waals surface area (Å²) in [5, 5.41) is 9.49. The van der Waals surface area contributed by atoms with Crippen molar-refractivity contribution in [2.45, 2.75) is 25.4 Å². The highest BCUT2D eigenvalue weighted by atomic mass is 35.5. The molecule has 92 valence electrons. The van der Waals surface area contributed by atoms with Gasteiger partial charge in [0.15, 0.2) is 0 Å². The molecule has 3 N–H and O–H groups in total. The van der Waals surface area contributed by atoms with E-state index in [-0.39, 0.29) is 24.6 Å². The molecule has 0 aromatic heterocycles. The number of nitrogens with two attached hydrogens (primary N) is 1. The van der Waals surface area contributed by atoms with Crippen molar-refractivity contribution in [2.24, 2.45) is 16.6 Å². The van der Waals surface area contributed by atoms with Crippen molar-refractivity contribution < 1.29 is 5.11 Å². The van der Waals surface area contributed by atoms with Crippen LogP contribution in [0, 0.1) is 5.92 Å². The van der Waals surface area contributed by atoms with Crippen molar-refractivity contribution in [2.75, 3.05) is 6.61 Å². The molecule has 0 radical (unpaired) electrons. The summed E-state index contributed by atoms with van der Waals surface area (Å²) in [5.41, 5.74) is 7.90. The first kappa shape index (κ1) is 12.6. The highest BCUT2D eigenvalue weighted by Gasteiger charge is 2.24. The lowest BCUT2D eigenvalue weighted by atomic mass is 9.87. The monoisotopic (exact) mass is 252 g/mol. The predicted molar refractivity (Wildman–Crippen MR) is 71.2 cm³/mol. The third-order valence-corrected chi connectivity index (χ3v) is 3.38. The van der Waals surface area contributed by atoms with E-state index in [0.717, 1.165) is 5.57 Å². The molecule has 1 heterocycles. The fourth-order valence-corrected chi connectivity index (χ4v) is 2.38. The van der Waals surface area contributed by atoms with Crippen molar-refractivity contribution in [3.05, 3.63) is 35.5 Å². The normalized spacial score (nSPS) is 29.1. The molecule has 3 atom stereocenters. The Balaban J connectivity index is 2.18. The van der Waals surface area contributed by atoms with E-state index in [4.69, 9.17) is 22.4 Å². The molecule has 4 heteroatoms. The number of dihydropyridines is 1. The van der Waals surface area contributed by atoms with E-state index < -0.39 is 0 Å². The number of aliphatic hydroxyl groups excluding tert-OH is 1. The van der Waals surface area contributed by atoms with Gasteiger partial charge in [-0.2, -0.15) is 0 Å². The molecule has 3 nitrogen and oxygen atoms in total. The first-order chi connectivity index (χ1) is 8.10. The van der Waals surface area contributed by atoms with Gasteiger partial charge in [-0.3, -0.25) is 4.99 Å². The zero-order valence-corrected chi connectivity index (χ0v) is 10.6. The third kappa shape index (κ3) is 2.86. The molecule has 3 unspecified atom stereocenters. The molecule has 1 aliphatic carbocycles. The first-order valence-corrected chi connectivity index (χ1v) is 6.15. The van der Waals surface area contributed by atoms with E-state index >= 15 is 0 Å². The molecular weight excluding hydrogens is 236 g/mol. The molecule has 0 amide bonds. The molecule has 1 aliphatic heterocycles. The minimum absolute atomic E-state index is 0.0373. The molecule has 0 fully saturated rings. The van der Waals surface area contributed by atoms with Gasteiger partial charge >= 0.3 is 0 Å². The number of halogens is 1. The second-order valence-electron chi connectivity index (χ2n) is 4.60. The highest BCUT2D eigenvalue weighted by molar-refractivity contribution is 6.69. The Morgan fingerprint density at radius 1 is 1.53 bits per heavy atom. The SMILES string of the molecule is CC1=CC2C=C(CC(N)CO)C(Cl)=NC2C=C1. The summed E-state index contributed by atoms with van der Waals surface area (Å²) >= 11 is 6.13. The number of hydrogen-bond acceptors (Lipinski definition) is 3. The highest BCUT2D eigenvalue weighted by Crippen LogP contribution is 2.29. The third-order valence-electron chi connectivity index (χ3n) is 3.04. The topological polar surface area (TPSA) is 58.6 Å². The predicted octanol–water partition coefficient (Wildman–Crippen LogP) is 1.77. The summed E-state index contributed by atoms with van der Waals surface area (Å²) in [6, 6.07) is -0.161. The Morgan fingerprint density at radius 2 is 2.29 bits per heavy atom. The van der Waals surface area contributed by atoms with Crippen LogP contribution in [0.4, 0.5) is 0 Å². The van der Waals surface area contributed by atoms with E-state index in [0.29, 0.717) is 11.6 Å². The lowest BCUT2D eigenvalue weighted by molar-refractivity contribution is 0.266. The van der Waals surface area contributed by atoms with Crippen LogP contribution in [0.15, 0.2) is 40.4 Å². The summed E-state index contributed by atoms with van der Waals surface area (Å²) < 4.78 is 0. The van der Waals surface area contributed by atoms with E-state index in [1.165, 1.54) is 5.57 Å². The fourth-order valence-electron chi connectivity index (χ4n) is 2.13. The van der Waals surface area contributed by atoms with Crippen LogP contribution in [0.25, 0.3) is 0 Å². The lowest BCUT2D eigenvalue weighted by Gasteiger charge is -2.26. The summed E-state index contributed by atoms with van der Waals surface area (Å²) in [6.45, 7) is 2.03. The smallest absolute Gasteiger partial charge is 0.127 e. The van der Waals surface area contributed by atoms with E-state index in [1.807, 2.05) is 0 Å². The van der Waals surface area contributed by atoms with Crippen LogP contribution >= 0.6 is 11.6 Å². The van der Waals surface area contributed by atoms with Gasteiger partial charge in [0.1, 0.15) is 5.17 Å². The molecule has 2 rings (SSSR count). The second-order valence-corrected chi connectivity index (χ2v) is 4.95. The summed E-state index contributed by atoms with van der Waals surface area (Å²) in [7, 11) is 0. The van der Waals surface area contributed by atoms with Crippen molar-refractivity contribution in [1.29, 1.82) is 0 Å². The lowest BCUT2D eigenvalue weighted by Crippen LogP contribution is -2.28. The van der Waals surface area contributed by atoms with Gasteiger partial charge in [0.2, 0.25) is 0 Å². The van der Waals surface area contributed by atoms with Gasteiger partial charge in [0, 0.05) is 12.0 Å². The average Bonchev–Trinajstić information content (AvgIpc) is 2.30. The molecule has 0 saturated heterocycles. The molecule has 0 aromatic carbocycles. The number of rotatable bonds is 3. The van der Waals surface area contributed by atoms with Crippen LogP contribution in [0.2, 0.25) is 0 Å². The number of fused-ring (bicyclic) bond motifs is 1. The van der Waals surface area contributed by atoms with Crippen LogP contribution in [0.3, 0.4) is 0 Å². The van der Waals surface area contributed by atoms with Crippen LogP contribution < -0.4 is 5.73 Å². The second kappa shape index (κ2) is 5.17. The van der Waals surface area contributed by atoms with Crippen LogP contribution in [0.5, 0.6) is 0 Å². The Morgan fingerprint density at radius 3 is 3.00 bits per heavy atom. The van der Waals surface area contributed by atoms with Gasteiger partial charge in [-0.25, -0.2) is 0 Å². The van der Waals surface area contributed by atoms with Gasteiger partial charge in [-0.1, -0.05) is 41.5 Å². The van der Waals surface area contributed by atoms with E-state index in [9.17, 15) is 0 Å². The quantitative estimate of drug-likeness (QED) is 0.804. The number of allylic oxidation sites excluding steroid dienone is 2. The van der Waals surface area contributed by atoms with Crippen molar-refractivity contribution in [3.63, 3.8) is 0 Å². The maximum atomic E-state index is 8.97. The molecule has 0 spiro atoms. The summed E-state index contributed by atoms with van der Waals surface area (Å²) in [5.74, 6) is 0.267. The molecule has 2 aliphatic rings. The number of hydrogen-bond donors (Lipinski definition) is 2. The summed E-state index contributed by atoms with van der Waals surface area (Å²) in [4.78, 5) is 4.45. The van der Waals surface area contributed by atoms with Crippen LogP contribution in [-0.2, 0) is 0 Å². The van der Waals surface area contributed by atoms with Gasteiger partial charge in [0.05, 0.1) is 12.6 Å². The van der Waals surface area contributed by atoms with Crippen LogP contribution in [0.1, 0.15) is 13.3 Å². The van der Waals surface area contributed by atoms with Gasteiger partial charge in [-0.05, 0) is 18.9 Å². The minimum atomic E-state index is -0.272. The molecule has 0 aromatic rings. The van der Waals surface area contributed by atoms with Crippen molar-refractivity contribution in [3.8, 4) is 0 Å². The zero-order chi connectivity index (χ0) is 12.4. The Labute approximate surface area is 106 Å². The van der Waals surface area contributed by atoms with E-state index in [1.54, 1.807) is 0 Å². The number of aliphatic hydroxyl groups is 1. The van der Waals surface area contributed by atoms with E-state index in [2.05, 4.69) is 36.2 Å². The Hall–Kier alpha value is -0.900. The zero-order valence-electron chi connectivity index (χ0n) is 9.81. The summed E-state index contributed by atoms with van der Waals surface area (Å²) in [6.07, 6.45) is 9.00. The van der Waals surface area contributed by atoms with Gasteiger partial charge in [0.25, 0.3) is 0 Å². The maximum absolute atomic E-state index is 8.97. The number of nitrogens with zero attached hydrogens (tertiary/aromatic N) is 1. The molecular formula is C13H17ClN2O. The Bertz CT molecular complexity index is 423. The van der Waals surface area contributed by atoms with Gasteiger partial charge < -0.3 is 10.8 Å².